The number of hydrogen-bond donors (Lipinski definition) is 2. The van der Waals surface area contributed by atoms with Crippen LogP contribution >= 0.6 is 7.60 Å². The molecule has 0 saturated heterocycles. The molecule has 0 amide bonds. The summed E-state index contributed by atoms with van der Waals surface area (Å²) in [5, 5.41) is 0. The smallest absolute Gasteiger partial charge is 0.421 e. The van der Waals surface area contributed by atoms with Crippen LogP contribution in [0.1, 0.15) is 25.8 Å². The third-order valence-corrected chi connectivity index (χ3v) is 7.13. The van der Waals surface area contributed by atoms with E-state index in [1.54, 1.807) is 41.8 Å². The second kappa shape index (κ2) is 10.9. The highest BCUT2D eigenvalue weighted by atomic mass is 31.2. The number of H-pyrrole nitrogens is 1. The summed E-state index contributed by atoms with van der Waals surface area (Å²) in [5.74, 6) is 0.670. The van der Waals surface area contributed by atoms with E-state index in [0.29, 0.717) is 24.2 Å². The van der Waals surface area contributed by atoms with Crippen LogP contribution in [0, 0.1) is 5.92 Å². The molecule has 36 heavy (non-hydrogen) atoms. The average molecular weight is 514 g/mol. The molecule has 3 aromatic rings. The fourth-order valence-corrected chi connectivity index (χ4v) is 5.26. The zero-order valence-electron chi connectivity index (χ0n) is 19.7. The van der Waals surface area contributed by atoms with Gasteiger partial charge in [-0.2, -0.15) is 4.98 Å². The van der Waals surface area contributed by atoms with Crippen LogP contribution in [0.3, 0.4) is 0 Å². The first-order valence-corrected chi connectivity index (χ1v) is 13.0. The summed E-state index contributed by atoms with van der Waals surface area (Å²) in [4.78, 5) is 38.5. The molecule has 4 rings (SSSR count). The van der Waals surface area contributed by atoms with Crippen LogP contribution in [0.25, 0.3) is 11.2 Å². The molecular weight excluding hydrogens is 487 g/mol. The Kier molecular flexibility index (Phi) is 7.66. The van der Waals surface area contributed by atoms with Crippen molar-refractivity contribution in [1.29, 1.82) is 0 Å². The topological polar surface area (TPSA) is 164 Å². The number of anilines is 1. The van der Waals surface area contributed by atoms with Gasteiger partial charge in [0.2, 0.25) is 5.95 Å². The van der Waals surface area contributed by atoms with Crippen molar-refractivity contribution in [3.63, 3.8) is 0 Å². The fourth-order valence-electron chi connectivity index (χ4n) is 4.01. The van der Waals surface area contributed by atoms with Gasteiger partial charge in [0.15, 0.2) is 11.2 Å². The first-order valence-electron chi connectivity index (χ1n) is 11.4. The Morgan fingerprint density at radius 1 is 1.36 bits per heavy atom. The lowest BCUT2D eigenvalue weighted by atomic mass is 10.0. The molecule has 0 bridgehead atoms. The van der Waals surface area contributed by atoms with Crippen molar-refractivity contribution in [3.05, 3.63) is 59.2 Å². The summed E-state index contributed by atoms with van der Waals surface area (Å²) in [6.07, 6.45) is 2.91. The van der Waals surface area contributed by atoms with E-state index in [9.17, 15) is 14.2 Å². The minimum atomic E-state index is -3.86. The number of fused-ring (bicyclic) bond motifs is 1. The highest BCUT2D eigenvalue weighted by molar-refractivity contribution is 7.70. The number of imidazole rings is 1. The van der Waals surface area contributed by atoms with E-state index in [1.807, 2.05) is 0 Å². The number of aromatic nitrogens is 4. The average Bonchev–Trinajstić information content (AvgIpc) is 3.41. The van der Waals surface area contributed by atoms with Gasteiger partial charge in [0.25, 0.3) is 5.56 Å². The first kappa shape index (κ1) is 25.3. The number of benzene rings is 1. The van der Waals surface area contributed by atoms with Crippen molar-refractivity contribution < 1.29 is 23.1 Å². The number of nitrogens with two attached hydrogens (primary N) is 1. The minimum Gasteiger partial charge on any atom is -0.465 e. The zero-order chi connectivity index (χ0) is 25.7. The Hall–Kier alpha value is -3.76. The molecule has 3 atom stereocenters. The Labute approximate surface area is 206 Å². The normalized spacial score (nSPS) is 19.5. The predicted octanol–water partition coefficient (Wildman–Crippen LogP) is 3.09. The van der Waals surface area contributed by atoms with Crippen LogP contribution in [-0.2, 0) is 18.6 Å². The maximum atomic E-state index is 13.5. The third-order valence-electron chi connectivity index (χ3n) is 5.71. The molecule has 0 spiro atoms. The molecule has 1 aliphatic carbocycles. The van der Waals surface area contributed by atoms with Gasteiger partial charge in [-0.15, -0.1) is 0 Å². The Morgan fingerprint density at radius 2 is 2.14 bits per heavy atom. The van der Waals surface area contributed by atoms with Crippen molar-refractivity contribution in [3.8, 4) is 5.75 Å². The van der Waals surface area contributed by atoms with Crippen LogP contribution in [0.15, 0.2) is 58.6 Å². The number of carbonyl (C=O) groups excluding carboxylic acids is 1. The van der Waals surface area contributed by atoms with Crippen LogP contribution in [-0.4, -0.2) is 51.2 Å². The Bertz CT molecular complexity index is 1380. The molecule has 13 heteroatoms. The number of ether oxygens (including phenoxy) is 1. The summed E-state index contributed by atoms with van der Waals surface area (Å²) in [5.41, 5.74) is 6.66. The number of hydrogen-bond acceptors (Lipinski definition) is 10. The van der Waals surface area contributed by atoms with Crippen molar-refractivity contribution in [2.24, 2.45) is 10.9 Å². The summed E-state index contributed by atoms with van der Waals surface area (Å²) >= 11 is 0. The summed E-state index contributed by atoms with van der Waals surface area (Å²) in [7, 11) is -3.86. The van der Waals surface area contributed by atoms with Gasteiger partial charge in [0, 0.05) is 5.92 Å². The number of nitrogens with zero attached hydrogens (tertiary/aromatic N) is 4. The van der Waals surface area contributed by atoms with Crippen LogP contribution in [0.2, 0.25) is 0 Å². The largest absolute Gasteiger partial charge is 0.465 e. The number of nitrogen functional groups attached to an aromatic ring is 1. The van der Waals surface area contributed by atoms with E-state index < -0.39 is 19.1 Å². The molecular formula is C23H27N6O6P. The monoisotopic (exact) mass is 514 g/mol. The molecule has 0 aliphatic heterocycles. The third kappa shape index (κ3) is 5.72. The van der Waals surface area contributed by atoms with E-state index >= 15 is 0 Å². The van der Waals surface area contributed by atoms with Gasteiger partial charge in [-0.3, -0.25) is 24.1 Å². The number of aromatic amines is 1. The molecule has 3 N–H and O–H groups in total. The maximum absolute atomic E-state index is 13.5. The number of rotatable bonds is 10. The van der Waals surface area contributed by atoms with Gasteiger partial charge in [0.1, 0.15) is 18.2 Å². The van der Waals surface area contributed by atoms with Gasteiger partial charge in [0.05, 0.1) is 25.6 Å². The highest BCUT2D eigenvalue weighted by Gasteiger charge is 2.34. The van der Waals surface area contributed by atoms with Gasteiger partial charge < -0.3 is 19.6 Å². The first-order chi connectivity index (χ1) is 17.3. The second-order valence-electron chi connectivity index (χ2n) is 8.14. The van der Waals surface area contributed by atoms with E-state index in [4.69, 9.17) is 19.5 Å². The number of carbonyl (C=O) groups is 1. The molecule has 0 unspecified atom stereocenters. The lowest BCUT2D eigenvalue weighted by Gasteiger charge is -2.20. The minimum absolute atomic E-state index is 0.00107. The molecule has 2 aromatic heterocycles. The van der Waals surface area contributed by atoms with E-state index in [2.05, 4.69) is 26.5 Å². The molecule has 0 radical (unpaired) electrons. The van der Waals surface area contributed by atoms with Crippen LogP contribution in [0.5, 0.6) is 5.75 Å². The van der Waals surface area contributed by atoms with Gasteiger partial charge in [-0.05, 0) is 37.5 Å². The molecule has 1 aliphatic rings. The number of aliphatic imine (C=N–C) groups is 1. The quantitative estimate of drug-likeness (QED) is 0.179. The second-order valence-corrected chi connectivity index (χ2v) is 9.89. The molecule has 1 saturated carbocycles. The zero-order valence-corrected chi connectivity index (χ0v) is 20.6. The molecule has 1 fully saturated rings. The lowest BCUT2D eigenvalue weighted by molar-refractivity contribution is -0.141. The van der Waals surface area contributed by atoms with Gasteiger partial charge in [-0.25, -0.2) is 9.55 Å². The highest BCUT2D eigenvalue weighted by Crippen LogP contribution is 2.48. The number of esters is 1. The summed E-state index contributed by atoms with van der Waals surface area (Å²) < 4.78 is 31.5. The SMILES string of the molecule is C=C1[C@H](CO[P@@](=O)(C=NCC(=O)OCC)Oc2ccccc2)CC[C@@H]1n1cnc2c(=O)[nH]c(N)nc21. The predicted molar refractivity (Wildman–Crippen MR) is 134 cm³/mol. The summed E-state index contributed by atoms with van der Waals surface area (Å²) in [6, 6.07) is 8.37. The number of para-hydroxylation sites is 1. The van der Waals surface area contributed by atoms with Crippen molar-refractivity contribution >= 4 is 36.6 Å². The molecule has 2 heterocycles. The molecule has 12 nitrogen and oxygen atoms in total. The van der Waals surface area contributed by atoms with E-state index in [1.165, 1.54) is 6.33 Å². The van der Waals surface area contributed by atoms with Gasteiger partial charge in [-0.1, -0.05) is 24.8 Å². The number of nitrogens with one attached hydrogen (secondary N) is 1. The Morgan fingerprint density at radius 3 is 2.89 bits per heavy atom. The van der Waals surface area contributed by atoms with Crippen LogP contribution in [0.4, 0.5) is 5.95 Å². The van der Waals surface area contributed by atoms with Crippen LogP contribution < -0.4 is 15.8 Å². The lowest BCUT2D eigenvalue weighted by Crippen LogP contribution is -2.15. The van der Waals surface area contributed by atoms with Crippen molar-refractivity contribution in [2.45, 2.75) is 25.8 Å². The standard InChI is InChI=1S/C23H27N6O6P/c1-3-33-19(30)11-25-14-36(32,35-17-7-5-4-6-8-17)34-12-16-9-10-18(15(16)2)29-13-26-20-21(29)27-23(24)28-22(20)31/h4-8,13-14,16,18H,2-3,9-12H2,1H3,(H3,24,27,28,31)/t16-,18-,36-/m0/s1. The van der Waals surface area contributed by atoms with Crippen molar-refractivity contribution in [2.75, 3.05) is 25.5 Å². The molecule has 190 valence electrons. The van der Waals surface area contributed by atoms with E-state index in [-0.39, 0.29) is 43.2 Å². The maximum Gasteiger partial charge on any atom is 0.421 e. The van der Waals surface area contributed by atoms with Crippen molar-refractivity contribution in [1.82, 2.24) is 19.5 Å². The van der Waals surface area contributed by atoms with E-state index in [0.717, 1.165) is 11.5 Å². The Balaban J connectivity index is 1.48. The fraction of sp³-hybridized carbons (Fsp3) is 0.348. The summed E-state index contributed by atoms with van der Waals surface area (Å²) in [6.45, 7) is 5.87. The van der Waals surface area contributed by atoms with Gasteiger partial charge >= 0.3 is 13.6 Å². The molecule has 1 aromatic carbocycles.